The molecule has 0 amide bonds. The van der Waals surface area contributed by atoms with Gasteiger partial charge in [0.15, 0.2) is 0 Å². The molecule has 0 unspecified atom stereocenters. The normalized spacial score (nSPS) is 10.1. The molecular weight excluding hydrogens is 310 g/mol. The number of halogens is 1. The number of ether oxygens (including phenoxy) is 1. The fraction of sp³-hybridized carbons (Fsp3) is 0.167. The Bertz CT molecular complexity index is 590. The number of rotatable bonds is 4. The molecule has 1 aromatic carbocycles. The molecule has 0 aliphatic rings. The SMILES string of the molecule is CNc1cc(Nc2cc(OC)ccc2Br)nc(N)n1. The number of hydrogen-bond acceptors (Lipinski definition) is 6. The van der Waals surface area contributed by atoms with Crippen LogP contribution >= 0.6 is 15.9 Å². The predicted molar refractivity (Wildman–Crippen MR) is 80.0 cm³/mol. The lowest BCUT2D eigenvalue weighted by Gasteiger charge is -2.11. The lowest BCUT2D eigenvalue weighted by Crippen LogP contribution is -2.03. The minimum atomic E-state index is 0.202. The van der Waals surface area contributed by atoms with Gasteiger partial charge < -0.3 is 21.1 Å². The Kier molecular flexibility index (Phi) is 4.06. The van der Waals surface area contributed by atoms with E-state index in [0.29, 0.717) is 11.6 Å². The van der Waals surface area contributed by atoms with Gasteiger partial charge in [-0.2, -0.15) is 9.97 Å². The van der Waals surface area contributed by atoms with Crippen molar-refractivity contribution >= 4 is 39.2 Å². The first-order chi connectivity index (χ1) is 9.12. The van der Waals surface area contributed by atoms with Crippen molar-refractivity contribution in [1.82, 2.24) is 9.97 Å². The minimum absolute atomic E-state index is 0.202. The van der Waals surface area contributed by atoms with E-state index in [1.54, 1.807) is 20.2 Å². The van der Waals surface area contributed by atoms with E-state index in [1.165, 1.54) is 0 Å². The number of nitrogens with one attached hydrogen (secondary N) is 2. The summed E-state index contributed by atoms with van der Waals surface area (Å²) >= 11 is 3.46. The summed E-state index contributed by atoms with van der Waals surface area (Å²) < 4.78 is 6.09. The molecule has 1 aromatic heterocycles. The van der Waals surface area contributed by atoms with Crippen LogP contribution in [0.1, 0.15) is 0 Å². The number of benzene rings is 1. The molecule has 7 heteroatoms. The van der Waals surface area contributed by atoms with Gasteiger partial charge >= 0.3 is 0 Å². The Balaban J connectivity index is 2.32. The van der Waals surface area contributed by atoms with E-state index in [2.05, 4.69) is 36.5 Å². The Hall–Kier alpha value is -2.02. The third-order valence-corrected chi connectivity index (χ3v) is 3.13. The lowest BCUT2D eigenvalue weighted by atomic mass is 10.3. The number of nitrogens with two attached hydrogens (primary N) is 1. The van der Waals surface area contributed by atoms with E-state index in [4.69, 9.17) is 10.5 Å². The average molecular weight is 324 g/mol. The first kappa shape index (κ1) is 13.4. The predicted octanol–water partition coefficient (Wildman–Crippen LogP) is 2.62. The summed E-state index contributed by atoms with van der Waals surface area (Å²) in [5.74, 6) is 2.20. The molecule has 0 radical (unpaired) electrons. The van der Waals surface area contributed by atoms with Crippen molar-refractivity contribution in [1.29, 1.82) is 0 Å². The van der Waals surface area contributed by atoms with Gasteiger partial charge in [0.05, 0.1) is 12.8 Å². The molecule has 0 spiro atoms. The number of aromatic nitrogens is 2. The highest BCUT2D eigenvalue weighted by Crippen LogP contribution is 2.29. The van der Waals surface area contributed by atoms with Gasteiger partial charge in [0.1, 0.15) is 17.4 Å². The molecule has 19 heavy (non-hydrogen) atoms. The molecule has 0 saturated heterocycles. The Morgan fingerprint density at radius 2 is 1.95 bits per heavy atom. The maximum atomic E-state index is 5.64. The second kappa shape index (κ2) is 5.75. The number of hydrogen-bond donors (Lipinski definition) is 3. The molecule has 0 aliphatic carbocycles. The van der Waals surface area contributed by atoms with Crippen LogP contribution in [-0.2, 0) is 0 Å². The van der Waals surface area contributed by atoms with Gasteiger partial charge in [-0.1, -0.05) is 0 Å². The van der Waals surface area contributed by atoms with Gasteiger partial charge in [-0.15, -0.1) is 0 Å². The fourth-order valence-electron chi connectivity index (χ4n) is 1.52. The molecular formula is C12H14BrN5O. The molecule has 6 nitrogen and oxygen atoms in total. The molecule has 0 aliphatic heterocycles. The first-order valence-corrected chi connectivity index (χ1v) is 6.34. The molecule has 0 saturated carbocycles. The quantitative estimate of drug-likeness (QED) is 0.802. The third kappa shape index (κ3) is 3.25. The van der Waals surface area contributed by atoms with E-state index in [1.807, 2.05) is 18.2 Å². The second-order valence-electron chi connectivity index (χ2n) is 3.72. The summed E-state index contributed by atoms with van der Waals surface area (Å²) in [6, 6.07) is 7.39. The van der Waals surface area contributed by atoms with Gasteiger partial charge in [-0.25, -0.2) is 0 Å². The van der Waals surface area contributed by atoms with Crippen LogP contribution in [0.3, 0.4) is 0 Å². The molecule has 2 aromatic rings. The Morgan fingerprint density at radius 1 is 1.21 bits per heavy atom. The average Bonchev–Trinajstić information content (AvgIpc) is 2.40. The smallest absolute Gasteiger partial charge is 0.223 e. The summed E-state index contributed by atoms with van der Waals surface area (Å²) in [6.07, 6.45) is 0. The van der Waals surface area contributed by atoms with Gasteiger partial charge in [-0.3, -0.25) is 0 Å². The molecule has 0 bridgehead atoms. The van der Waals surface area contributed by atoms with Gasteiger partial charge in [0.2, 0.25) is 5.95 Å². The van der Waals surface area contributed by atoms with Crippen LogP contribution in [0.4, 0.5) is 23.3 Å². The molecule has 2 rings (SSSR count). The maximum absolute atomic E-state index is 5.64. The van der Waals surface area contributed by atoms with Gasteiger partial charge in [0, 0.05) is 23.7 Å². The minimum Gasteiger partial charge on any atom is -0.497 e. The van der Waals surface area contributed by atoms with Crippen LogP contribution in [0.15, 0.2) is 28.7 Å². The highest BCUT2D eigenvalue weighted by molar-refractivity contribution is 9.10. The lowest BCUT2D eigenvalue weighted by molar-refractivity contribution is 0.415. The first-order valence-electron chi connectivity index (χ1n) is 5.55. The molecule has 0 fully saturated rings. The molecule has 100 valence electrons. The molecule has 0 atom stereocenters. The number of anilines is 4. The monoisotopic (exact) mass is 323 g/mol. The third-order valence-electron chi connectivity index (χ3n) is 2.44. The van der Waals surface area contributed by atoms with Crippen molar-refractivity contribution in [3.05, 3.63) is 28.7 Å². The van der Waals surface area contributed by atoms with Crippen molar-refractivity contribution in [2.45, 2.75) is 0 Å². The van der Waals surface area contributed by atoms with E-state index < -0.39 is 0 Å². The maximum Gasteiger partial charge on any atom is 0.223 e. The number of nitrogens with zero attached hydrogens (tertiary/aromatic N) is 2. The summed E-state index contributed by atoms with van der Waals surface area (Å²) in [7, 11) is 3.39. The fourth-order valence-corrected chi connectivity index (χ4v) is 1.87. The van der Waals surface area contributed by atoms with Gasteiger partial charge in [0.25, 0.3) is 0 Å². The van der Waals surface area contributed by atoms with Crippen LogP contribution in [0.25, 0.3) is 0 Å². The van der Waals surface area contributed by atoms with Crippen LogP contribution in [0, 0.1) is 0 Å². The zero-order chi connectivity index (χ0) is 13.8. The van der Waals surface area contributed by atoms with E-state index in [-0.39, 0.29) is 5.95 Å². The second-order valence-corrected chi connectivity index (χ2v) is 4.57. The molecule has 4 N–H and O–H groups in total. The number of nitrogen functional groups attached to an aromatic ring is 1. The highest BCUT2D eigenvalue weighted by atomic mass is 79.9. The zero-order valence-corrected chi connectivity index (χ0v) is 12.2. The topological polar surface area (TPSA) is 85.1 Å². The van der Waals surface area contributed by atoms with Crippen LogP contribution in [0.5, 0.6) is 5.75 Å². The highest BCUT2D eigenvalue weighted by Gasteiger charge is 2.06. The van der Waals surface area contributed by atoms with Gasteiger partial charge in [-0.05, 0) is 28.1 Å². The summed E-state index contributed by atoms with van der Waals surface area (Å²) in [4.78, 5) is 8.16. The van der Waals surface area contributed by atoms with Crippen molar-refractivity contribution < 1.29 is 4.74 Å². The van der Waals surface area contributed by atoms with E-state index >= 15 is 0 Å². The standard InChI is InChI=1S/C12H14BrN5O/c1-15-10-6-11(18-12(14)17-10)16-9-5-7(19-2)3-4-8(9)13/h3-6H,1-2H3,(H4,14,15,16,17,18). The van der Waals surface area contributed by atoms with E-state index in [0.717, 1.165) is 15.9 Å². The largest absolute Gasteiger partial charge is 0.497 e. The van der Waals surface area contributed by atoms with Crippen molar-refractivity contribution in [3.63, 3.8) is 0 Å². The van der Waals surface area contributed by atoms with Crippen LogP contribution < -0.4 is 21.1 Å². The van der Waals surface area contributed by atoms with Crippen molar-refractivity contribution in [2.24, 2.45) is 0 Å². The van der Waals surface area contributed by atoms with Crippen LogP contribution in [-0.4, -0.2) is 24.1 Å². The summed E-state index contributed by atoms with van der Waals surface area (Å²) in [6.45, 7) is 0. The Labute approximate surface area is 119 Å². The zero-order valence-electron chi connectivity index (χ0n) is 10.6. The number of methoxy groups -OCH3 is 1. The molecule has 1 heterocycles. The summed E-state index contributed by atoms with van der Waals surface area (Å²) in [5, 5.41) is 6.09. The Morgan fingerprint density at radius 3 is 2.63 bits per heavy atom. The van der Waals surface area contributed by atoms with Crippen molar-refractivity contribution in [2.75, 3.05) is 30.5 Å². The van der Waals surface area contributed by atoms with Crippen LogP contribution in [0.2, 0.25) is 0 Å². The summed E-state index contributed by atoms with van der Waals surface area (Å²) in [5.41, 5.74) is 6.48. The van der Waals surface area contributed by atoms with Crippen molar-refractivity contribution in [3.8, 4) is 5.75 Å². The van der Waals surface area contributed by atoms with E-state index in [9.17, 15) is 0 Å².